The minimum Gasteiger partial charge on any atom is -0.393 e. The van der Waals surface area contributed by atoms with E-state index in [1.165, 1.54) is 0 Å². The second-order valence-electron chi connectivity index (χ2n) is 5.21. The van der Waals surface area contributed by atoms with Gasteiger partial charge < -0.3 is 15.3 Å². The third-order valence-corrected chi connectivity index (χ3v) is 4.41. The lowest BCUT2D eigenvalue weighted by atomic mass is 9.43. The lowest BCUT2D eigenvalue weighted by molar-refractivity contribution is -0.264. The summed E-state index contributed by atoms with van der Waals surface area (Å²) in [6.07, 6.45) is 0.830. The standard InChI is InChI=1S/C10H18O3/c1-9(2)6-3-7(9)10(13,5-11)8(12)4-6/h6-8,11-13H,3-5H2,1-2H3/t6-,7-,8+,10-/m1/s1. The van der Waals surface area contributed by atoms with Gasteiger partial charge in [-0.15, -0.1) is 0 Å². The van der Waals surface area contributed by atoms with Gasteiger partial charge in [-0.1, -0.05) is 13.8 Å². The van der Waals surface area contributed by atoms with Crippen molar-refractivity contribution >= 4 is 0 Å². The number of rotatable bonds is 1. The molecule has 2 bridgehead atoms. The van der Waals surface area contributed by atoms with Crippen molar-refractivity contribution in [3.8, 4) is 0 Å². The fourth-order valence-corrected chi connectivity index (χ4v) is 3.19. The van der Waals surface area contributed by atoms with Gasteiger partial charge in [-0.25, -0.2) is 0 Å². The van der Waals surface area contributed by atoms with Crippen LogP contribution in [0, 0.1) is 17.3 Å². The summed E-state index contributed by atoms with van der Waals surface area (Å²) in [6, 6.07) is 0. The molecule has 3 saturated carbocycles. The molecular weight excluding hydrogens is 168 g/mol. The molecule has 0 unspecified atom stereocenters. The maximum atomic E-state index is 10.1. The van der Waals surface area contributed by atoms with Gasteiger partial charge in [0.05, 0.1) is 12.7 Å². The molecule has 3 aliphatic rings. The van der Waals surface area contributed by atoms with Crippen molar-refractivity contribution < 1.29 is 15.3 Å². The zero-order valence-corrected chi connectivity index (χ0v) is 8.20. The Morgan fingerprint density at radius 2 is 1.92 bits per heavy atom. The van der Waals surface area contributed by atoms with E-state index in [-0.39, 0.29) is 17.9 Å². The van der Waals surface area contributed by atoms with Crippen LogP contribution in [-0.2, 0) is 0 Å². The normalized spacial score (nSPS) is 52.8. The van der Waals surface area contributed by atoms with Gasteiger partial charge in [0.1, 0.15) is 5.60 Å². The molecule has 0 aliphatic heterocycles. The summed E-state index contributed by atoms with van der Waals surface area (Å²) < 4.78 is 0. The van der Waals surface area contributed by atoms with Crippen molar-refractivity contribution in [1.29, 1.82) is 0 Å². The summed E-state index contributed by atoms with van der Waals surface area (Å²) in [6.45, 7) is 3.89. The summed E-state index contributed by atoms with van der Waals surface area (Å²) in [5, 5.41) is 28.9. The SMILES string of the molecule is CC1(C)[C@@H]2C[C@H]1[C@](O)(CO)[C@@H](O)C2. The van der Waals surface area contributed by atoms with Gasteiger partial charge in [-0.2, -0.15) is 0 Å². The van der Waals surface area contributed by atoms with Crippen molar-refractivity contribution in [2.45, 2.75) is 38.4 Å². The van der Waals surface area contributed by atoms with Crippen LogP contribution in [0.1, 0.15) is 26.7 Å². The number of aliphatic hydroxyl groups is 3. The number of hydrogen-bond donors (Lipinski definition) is 3. The molecule has 0 aromatic heterocycles. The molecule has 0 aromatic carbocycles. The molecule has 3 heteroatoms. The van der Waals surface area contributed by atoms with Gasteiger partial charge in [-0.3, -0.25) is 0 Å². The Balaban J connectivity index is 2.27. The first-order valence-corrected chi connectivity index (χ1v) is 4.94. The highest BCUT2D eigenvalue weighted by molar-refractivity contribution is 5.13. The molecule has 4 atom stereocenters. The van der Waals surface area contributed by atoms with E-state index < -0.39 is 11.7 Å². The van der Waals surface area contributed by atoms with E-state index in [9.17, 15) is 10.2 Å². The van der Waals surface area contributed by atoms with Crippen LogP contribution in [0.5, 0.6) is 0 Å². The minimum atomic E-state index is -1.25. The van der Waals surface area contributed by atoms with Gasteiger partial charge in [0, 0.05) is 0 Å². The van der Waals surface area contributed by atoms with E-state index in [2.05, 4.69) is 13.8 Å². The second-order valence-corrected chi connectivity index (χ2v) is 5.21. The van der Waals surface area contributed by atoms with Crippen LogP contribution in [0.4, 0.5) is 0 Å². The third kappa shape index (κ3) is 0.953. The topological polar surface area (TPSA) is 60.7 Å². The molecule has 3 aliphatic carbocycles. The van der Waals surface area contributed by atoms with E-state index in [1.54, 1.807) is 0 Å². The predicted molar refractivity (Wildman–Crippen MR) is 48.0 cm³/mol. The highest BCUT2D eigenvalue weighted by atomic mass is 16.4. The minimum absolute atomic E-state index is 0.0544. The molecule has 3 rings (SSSR count). The van der Waals surface area contributed by atoms with Gasteiger partial charge in [0.2, 0.25) is 0 Å². The van der Waals surface area contributed by atoms with E-state index in [1.807, 2.05) is 0 Å². The van der Waals surface area contributed by atoms with E-state index >= 15 is 0 Å². The molecule has 0 saturated heterocycles. The molecule has 3 N–H and O–H groups in total. The Morgan fingerprint density at radius 1 is 1.31 bits per heavy atom. The Morgan fingerprint density at radius 3 is 2.31 bits per heavy atom. The number of hydrogen-bond acceptors (Lipinski definition) is 3. The Labute approximate surface area is 78.4 Å². The van der Waals surface area contributed by atoms with Crippen molar-refractivity contribution in [3.05, 3.63) is 0 Å². The molecule has 13 heavy (non-hydrogen) atoms. The van der Waals surface area contributed by atoms with Crippen molar-refractivity contribution in [3.63, 3.8) is 0 Å². The molecule has 76 valence electrons. The number of aliphatic hydroxyl groups excluding tert-OH is 2. The van der Waals surface area contributed by atoms with E-state index in [0.29, 0.717) is 12.3 Å². The first-order chi connectivity index (χ1) is 5.93. The highest BCUT2D eigenvalue weighted by Crippen LogP contribution is 2.62. The quantitative estimate of drug-likeness (QED) is 0.546. The summed E-state index contributed by atoms with van der Waals surface area (Å²) in [5.41, 5.74) is -1.17. The van der Waals surface area contributed by atoms with Crippen LogP contribution in [0.2, 0.25) is 0 Å². The lowest BCUT2D eigenvalue weighted by Crippen LogP contribution is -2.69. The van der Waals surface area contributed by atoms with Crippen LogP contribution in [0.15, 0.2) is 0 Å². The van der Waals surface area contributed by atoms with Crippen LogP contribution in [-0.4, -0.2) is 33.6 Å². The zero-order chi connectivity index (χ0) is 9.85. The third-order valence-electron chi connectivity index (χ3n) is 4.41. The second kappa shape index (κ2) is 2.47. The van der Waals surface area contributed by atoms with Gasteiger partial charge >= 0.3 is 0 Å². The summed E-state index contributed by atoms with van der Waals surface area (Å²) in [4.78, 5) is 0. The van der Waals surface area contributed by atoms with Gasteiger partial charge in [0.15, 0.2) is 0 Å². The predicted octanol–water partition coefficient (Wildman–Crippen LogP) is 0.137. The molecule has 0 amide bonds. The van der Waals surface area contributed by atoms with Gasteiger partial charge in [-0.05, 0) is 30.1 Å². The largest absolute Gasteiger partial charge is 0.393 e. The first kappa shape index (κ1) is 9.44. The molecule has 0 aromatic rings. The van der Waals surface area contributed by atoms with Crippen molar-refractivity contribution in [2.75, 3.05) is 6.61 Å². The van der Waals surface area contributed by atoms with E-state index in [4.69, 9.17) is 5.11 Å². The summed E-state index contributed by atoms with van der Waals surface area (Å²) in [7, 11) is 0. The molecule has 0 radical (unpaired) electrons. The molecule has 3 nitrogen and oxygen atoms in total. The van der Waals surface area contributed by atoms with Crippen LogP contribution in [0.3, 0.4) is 0 Å². The lowest BCUT2D eigenvalue weighted by Gasteiger charge is -2.64. The average molecular weight is 186 g/mol. The fraction of sp³-hybridized carbons (Fsp3) is 1.00. The van der Waals surface area contributed by atoms with Gasteiger partial charge in [0.25, 0.3) is 0 Å². The highest BCUT2D eigenvalue weighted by Gasteiger charge is 2.64. The number of fused-ring (bicyclic) bond motifs is 2. The summed E-state index contributed by atoms with van der Waals surface area (Å²) >= 11 is 0. The zero-order valence-electron chi connectivity index (χ0n) is 8.20. The monoisotopic (exact) mass is 186 g/mol. The Kier molecular flexibility index (Phi) is 1.79. The van der Waals surface area contributed by atoms with Crippen LogP contribution < -0.4 is 0 Å². The molecule has 0 heterocycles. The smallest absolute Gasteiger partial charge is 0.117 e. The Bertz CT molecular complexity index is 226. The molecular formula is C10H18O3. The van der Waals surface area contributed by atoms with E-state index in [0.717, 1.165) is 6.42 Å². The summed E-state index contributed by atoms with van der Waals surface area (Å²) in [5.74, 6) is 0.568. The maximum Gasteiger partial charge on any atom is 0.117 e. The van der Waals surface area contributed by atoms with Crippen molar-refractivity contribution in [2.24, 2.45) is 17.3 Å². The molecule has 3 fully saturated rings. The molecule has 0 spiro atoms. The van der Waals surface area contributed by atoms with Crippen molar-refractivity contribution in [1.82, 2.24) is 0 Å². The van der Waals surface area contributed by atoms with Crippen LogP contribution >= 0.6 is 0 Å². The average Bonchev–Trinajstić information content (AvgIpc) is 2.08. The Hall–Kier alpha value is -0.120. The first-order valence-electron chi connectivity index (χ1n) is 4.94. The van der Waals surface area contributed by atoms with Crippen LogP contribution in [0.25, 0.3) is 0 Å². The fourth-order valence-electron chi connectivity index (χ4n) is 3.19. The maximum absolute atomic E-state index is 10.1.